The second-order valence-electron chi connectivity index (χ2n) is 3.66. The van der Waals surface area contributed by atoms with Gasteiger partial charge in [-0.3, -0.25) is 0 Å². The summed E-state index contributed by atoms with van der Waals surface area (Å²) in [5, 5.41) is 3.34. The molecule has 2 saturated heterocycles. The van der Waals surface area contributed by atoms with E-state index in [0.29, 0.717) is 6.10 Å². The quantitative estimate of drug-likeness (QED) is 0.629. The molecule has 2 heteroatoms. The Balaban J connectivity index is 1.75. The molecule has 0 aliphatic carbocycles. The number of nitrogens with one attached hydrogen (secondary N) is 1. The van der Waals surface area contributed by atoms with E-state index in [4.69, 9.17) is 4.74 Å². The van der Waals surface area contributed by atoms with E-state index < -0.39 is 0 Å². The van der Waals surface area contributed by atoms with Gasteiger partial charge in [-0.1, -0.05) is 11.6 Å². The van der Waals surface area contributed by atoms with Crippen LogP contribution in [0.1, 0.15) is 25.7 Å². The normalized spacial score (nSPS) is 33.3. The van der Waals surface area contributed by atoms with Crippen molar-refractivity contribution in [1.82, 2.24) is 5.32 Å². The monoisotopic (exact) mass is 167 g/mol. The zero-order valence-electron chi connectivity index (χ0n) is 7.51. The summed E-state index contributed by atoms with van der Waals surface area (Å²) >= 11 is 0. The van der Waals surface area contributed by atoms with Crippen LogP contribution >= 0.6 is 0 Å². The van der Waals surface area contributed by atoms with E-state index in [0.717, 1.165) is 26.1 Å². The maximum atomic E-state index is 5.55. The van der Waals surface area contributed by atoms with E-state index in [9.17, 15) is 0 Å². The summed E-state index contributed by atoms with van der Waals surface area (Å²) in [5.41, 5.74) is 1.57. The lowest BCUT2D eigenvalue weighted by molar-refractivity contribution is 0.113. The topological polar surface area (TPSA) is 21.3 Å². The lowest BCUT2D eigenvalue weighted by atomic mass is 10.1. The number of hydrogen-bond acceptors (Lipinski definition) is 2. The molecule has 0 bridgehead atoms. The fourth-order valence-corrected chi connectivity index (χ4v) is 1.89. The molecule has 0 aromatic heterocycles. The zero-order valence-corrected chi connectivity index (χ0v) is 7.51. The number of ether oxygens (including phenoxy) is 1. The van der Waals surface area contributed by atoms with E-state index >= 15 is 0 Å². The second-order valence-corrected chi connectivity index (χ2v) is 3.66. The predicted molar refractivity (Wildman–Crippen MR) is 49.2 cm³/mol. The molecular weight excluding hydrogens is 150 g/mol. The van der Waals surface area contributed by atoms with E-state index in [1.54, 1.807) is 5.57 Å². The molecule has 68 valence electrons. The first-order chi connectivity index (χ1) is 5.95. The van der Waals surface area contributed by atoms with Crippen molar-refractivity contribution in [3.05, 3.63) is 11.6 Å². The Morgan fingerprint density at radius 3 is 3.25 bits per heavy atom. The molecule has 0 amide bonds. The lowest BCUT2D eigenvalue weighted by Gasteiger charge is -2.05. The van der Waals surface area contributed by atoms with Crippen LogP contribution in [0.25, 0.3) is 0 Å². The molecule has 2 aliphatic rings. The highest BCUT2D eigenvalue weighted by molar-refractivity contribution is 5.09. The Morgan fingerprint density at radius 2 is 2.58 bits per heavy atom. The van der Waals surface area contributed by atoms with Gasteiger partial charge < -0.3 is 10.1 Å². The molecule has 2 nitrogen and oxygen atoms in total. The summed E-state index contributed by atoms with van der Waals surface area (Å²) in [6, 6.07) is 0. The lowest BCUT2D eigenvalue weighted by Crippen LogP contribution is -2.05. The molecule has 0 aromatic carbocycles. The summed E-state index contributed by atoms with van der Waals surface area (Å²) in [6.45, 7) is 3.25. The molecule has 2 heterocycles. The standard InChI is InChI=1S/C10H17NO/c1-2-10(12-7-1)4-3-9-5-6-11-8-9/h3,10-11H,1-2,4-8H2. The van der Waals surface area contributed by atoms with E-state index in [1.807, 2.05) is 0 Å². The smallest absolute Gasteiger partial charge is 0.0610 e. The van der Waals surface area contributed by atoms with Crippen LogP contribution < -0.4 is 5.32 Å². The Labute approximate surface area is 74.0 Å². The largest absolute Gasteiger partial charge is 0.378 e. The van der Waals surface area contributed by atoms with Crippen LogP contribution in [0.4, 0.5) is 0 Å². The molecule has 0 aromatic rings. The third-order valence-electron chi connectivity index (χ3n) is 2.67. The highest BCUT2D eigenvalue weighted by atomic mass is 16.5. The average Bonchev–Trinajstić information content (AvgIpc) is 2.74. The van der Waals surface area contributed by atoms with Gasteiger partial charge >= 0.3 is 0 Å². The third kappa shape index (κ3) is 2.08. The summed E-state index contributed by atoms with van der Waals surface area (Å²) in [7, 11) is 0. The number of hydrogen-bond donors (Lipinski definition) is 1. The van der Waals surface area contributed by atoms with Gasteiger partial charge in [0.1, 0.15) is 0 Å². The molecule has 1 N–H and O–H groups in total. The first kappa shape index (κ1) is 8.27. The van der Waals surface area contributed by atoms with Gasteiger partial charge in [0.2, 0.25) is 0 Å². The van der Waals surface area contributed by atoms with Crippen molar-refractivity contribution in [3.63, 3.8) is 0 Å². The maximum absolute atomic E-state index is 5.55. The third-order valence-corrected chi connectivity index (χ3v) is 2.67. The highest BCUT2D eigenvalue weighted by Crippen LogP contribution is 2.17. The minimum Gasteiger partial charge on any atom is -0.378 e. The van der Waals surface area contributed by atoms with Gasteiger partial charge in [-0.05, 0) is 32.2 Å². The van der Waals surface area contributed by atoms with Crippen LogP contribution in [0, 0.1) is 0 Å². The van der Waals surface area contributed by atoms with Gasteiger partial charge in [-0.2, -0.15) is 0 Å². The van der Waals surface area contributed by atoms with Crippen LogP contribution in [-0.2, 0) is 4.74 Å². The molecule has 12 heavy (non-hydrogen) atoms. The van der Waals surface area contributed by atoms with Crippen molar-refractivity contribution >= 4 is 0 Å². The van der Waals surface area contributed by atoms with Gasteiger partial charge in [0.05, 0.1) is 6.10 Å². The fraction of sp³-hybridized carbons (Fsp3) is 0.800. The highest BCUT2D eigenvalue weighted by Gasteiger charge is 2.14. The van der Waals surface area contributed by atoms with Crippen LogP contribution in [0.2, 0.25) is 0 Å². The van der Waals surface area contributed by atoms with Gasteiger partial charge in [0, 0.05) is 13.2 Å². The molecule has 2 rings (SSSR count). The Hall–Kier alpha value is -0.340. The SMILES string of the molecule is C(CC1CCCO1)=C1CCNC1. The molecular formula is C10H17NO. The number of rotatable bonds is 2. The van der Waals surface area contributed by atoms with Crippen LogP contribution in [0.3, 0.4) is 0 Å². The molecule has 2 aliphatic heterocycles. The minimum absolute atomic E-state index is 0.526. The van der Waals surface area contributed by atoms with Gasteiger partial charge in [0.25, 0.3) is 0 Å². The van der Waals surface area contributed by atoms with Crippen molar-refractivity contribution in [3.8, 4) is 0 Å². The molecule has 0 radical (unpaired) electrons. The molecule has 0 spiro atoms. The van der Waals surface area contributed by atoms with E-state index in [2.05, 4.69) is 11.4 Å². The van der Waals surface area contributed by atoms with Crippen LogP contribution in [0.15, 0.2) is 11.6 Å². The van der Waals surface area contributed by atoms with E-state index in [-0.39, 0.29) is 0 Å². The maximum Gasteiger partial charge on any atom is 0.0610 e. The van der Waals surface area contributed by atoms with Gasteiger partial charge in [-0.15, -0.1) is 0 Å². The summed E-state index contributed by atoms with van der Waals surface area (Å²) in [4.78, 5) is 0. The first-order valence-electron chi connectivity index (χ1n) is 4.95. The van der Waals surface area contributed by atoms with Crippen molar-refractivity contribution < 1.29 is 4.74 Å². The van der Waals surface area contributed by atoms with Crippen LogP contribution in [0.5, 0.6) is 0 Å². The van der Waals surface area contributed by atoms with Crippen molar-refractivity contribution in [1.29, 1.82) is 0 Å². The van der Waals surface area contributed by atoms with Gasteiger partial charge in [-0.25, -0.2) is 0 Å². The van der Waals surface area contributed by atoms with Gasteiger partial charge in [0.15, 0.2) is 0 Å². The van der Waals surface area contributed by atoms with Crippen LogP contribution in [-0.4, -0.2) is 25.8 Å². The minimum atomic E-state index is 0.526. The summed E-state index contributed by atoms with van der Waals surface area (Å²) in [6.07, 6.45) is 7.79. The Bertz CT molecular complexity index is 163. The summed E-state index contributed by atoms with van der Waals surface area (Å²) < 4.78 is 5.55. The Morgan fingerprint density at radius 1 is 1.58 bits per heavy atom. The fourth-order valence-electron chi connectivity index (χ4n) is 1.89. The van der Waals surface area contributed by atoms with Crippen molar-refractivity contribution in [2.24, 2.45) is 0 Å². The molecule has 1 atom stereocenters. The Kier molecular flexibility index (Phi) is 2.79. The zero-order chi connectivity index (χ0) is 8.23. The first-order valence-corrected chi connectivity index (χ1v) is 4.95. The second kappa shape index (κ2) is 4.06. The van der Waals surface area contributed by atoms with E-state index in [1.165, 1.54) is 19.3 Å². The predicted octanol–water partition coefficient (Wildman–Crippen LogP) is 1.48. The molecule has 1 unspecified atom stereocenters. The molecule has 0 saturated carbocycles. The average molecular weight is 167 g/mol. The van der Waals surface area contributed by atoms with Crippen molar-refractivity contribution in [2.75, 3.05) is 19.7 Å². The molecule has 2 fully saturated rings. The van der Waals surface area contributed by atoms with Crippen molar-refractivity contribution in [2.45, 2.75) is 31.8 Å². The summed E-state index contributed by atoms with van der Waals surface area (Å²) in [5.74, 6) is 0.